The fourth-order valence-corrected chi connectivity index (χ4v) is 3.14. The lowest BCUT2D eigenvalue weighted by atomic mass is 9.51. The molecule has 2 rings (SSSR count). The van der Waals surface area contributed by atoms with Gasteiger partial charge in [-0.15, -0.1) is 0 Å². The Morgan fingerprint density at radius 2 is 2.12 bits per heavy atom. The quantitative estimate of drug-likeness (QED) is 0.716. The molecule has 1 N–H and O–H groups in total. The van der Waals surface area contributed by atoms with Crippen molar-refractivity contribution in [3.63, 3.8) is 0 Å². The molecule has 2 aliphatic carbocycles. The molecule has 2 fully saturated rings. The minimum atomic E-state index is -0.151. The van der Waals surface area contributed by atoms with E-state index in [0.29, 0.717) is 30.7 Å². The lowest BCUT2D eigenvalue weighted by Gasteiger charge is -2.61. The van der Waals surface area contributed by atoms with E-state index in [2.05, 4.69) is 5.32 Å². The van der Waals surface area contributed by atoms with Crippen LogP contribution in [0.2, 0.25) is 0 Å². The fraction of sp³-hybridized carbons (Fsp3) is 0.923. The van der Waals surface area contributed by atoms with Crippen molar-refractivity contribution >= 4 is 5.97 Å². The van der Waals surface area contributed by atoms with E-state index in [-0.39, 0.29) is 5.97 Å². The van der Waals surface area contributed by atoms with E-state index in [1.165, 1.54) is 19.3 Å². The lowest BCUT2D eigenvalue weighted by molar-refractivity contribution is -0.174. The number of carbonyl (C=O) groups excluding carboxylic acids is 1. The first kappa shape index (κ1) is 12.8. The van der Waals surface area contributed by atoms with Gasteiger partial charge in [-0.2, -0.15) is 0 Å². The predicted octanol–water partition coefficient (Wildman–Crippen LogP) is 1.49. The average molecular weight is 241 g/mol. The molecule has 17 heavy (non-hydrogen) atoms. The Labute approximate surface area is 103 Å². The number of hydrogen-bond donors (Lipinski definition) is 1. The molecule has 98 valence electrons. The number of hydrogen-bond acceptors (Lipinski definition) is 4. The predicted molar refractivity (Wildman–Crippen MR) is 64.7 cm³/mol. The van der Waals surface area contributed by atoms with Gasteiger partial charge in [0.2, 0.25) is 0 Å². The van der Waals surface area contributed by atoms with Gasteiger partial charge in [-0.25, -0.2) is 0 Å². The first-order chi connectivity index (χ1) is 8.23. The maximum atomic E-state index is 11.3. The van der Waals surface area contributed by atoms with Gasteiger partial charge in [0.1, 0.15) is 0 Å². The van der Waals surface area contributed by atoms with Gasteiger partial charge in [0.05, 0.1) is 19.3 Å². The molecular formula is C13H23NO3. The summed E-state index contributed by atoms with van der Waals surface area (Å²) in [7, 11) is 0. The largest absolute Gasteiger partial charge is 0.465 e. The van der Waals surface area contributed by atoms with Crippen LogP contribution in [0.3, 0.4) is 0 Å². The highest BCUT2D eigenvalue weighted by Crippen LogP contribution is 2.57. The number of ether oxygens (including phenoxy) is 2. The monoisotopic (exact) mass is 241 g/mol. The molecule has 2 unspecified atom stereocenters. The number of rotatable bonds is 6. The molecule has 0 aromatic rings. The van der Waals surface area contributed by atoms with Crippen molar-refractivity contribution in [1.82, 2.24) is 5.32 Å². The molecule has 2 saturated carbocycles. The highest BCUT2D eigenvalue weighted by atomic mass is 16.5. The number of nitrogens with one attached hydrogen (secondary N) is 1. The van der Waals surface area contributed by atoms with Crippen molar-refractivity contribution in [3.8, 4) is 0 Å². The highest BCUT2D eigenvalue weighted by Gasteiger charge is 2.58. The Morgan fingerprint density at radius 1 is 1.35 bits per heavy atom. The van der Waals surface area contributed by atoms with E-state index in [0.717, 1.165) is 13.0 Å². The summed E-state index contributed by atoms with van der Waals surface area (Å²) in [6.45, 7) is 5.46. The van der Waals surface area contributed by atoms with Crippen LogP contribution < -0.4 is 5.32 Å². The Bertz CT molecular complexity index is 276. The maximum absolute atomic E-state index is 11.3. The molecule has 4 heteroatoms. The second kappa shape index (κ2) is 5.36. The van der Waals surface area contributed by atoms with Crippen LogP contribution >= 0.6 is 0 Å². The Balaban J connectivity index is 1.77. The van der Waals surface area contributed by atoms with E-state index in [9.17, 15) is 4.79 Å². The summed E-state index contributed by atoms with van der Waals surface area (Å²) in [6.07, 6.45) is 5.20. The van der Waals surface area contributed by atoms with Crippen LogP contribution in [0.4, 0.5) is 0 Å². The maximum Gasteiger partial charge on any atom is 0.319 e. The molecule has 0 saturated heterocycles. The van der Waals surface area contributed by atoms with Gasteiger partial charge in [-0.05, 0) is 33.1 Å². The Hall–Kier alpha value is -0.610. The molecule has 2 aliphatic rings. The number of carbonyl (C=O) groups is 1. The summed E-state index contributed by atoms with van der Waals surface area (Å²) in [4.78, 5) is 11.3. The first-order valence-electron chi connectivity index (χ1n) is 6.73. The second-order valence-corrected chi connectivity index (χ2v) is 5.00. The number of esters is 1. The zero-order valence-corrected chi connectivity index (χ0v) is 10.8. The van der Waals surface area contributed by atoms with Crippen LogP contribution in [0.15, 0.2) is 0 Å². The summed E-state index contributed by atoms with van der Waals surface area (Å²) in [6, 6.07) is 0.442. The normalized spacial score (nSPS) is 29.5. The molecule has 2 atom stereocenters. The fourth-order valence-electron chi connectivity index (χ4n) is 3.14. The third-order valence-electron chi connectivity index (χ3n) is 4.24. The van der Waals surface area contributed by atoms with Gasteiger partial charge < -0.3 is 14.8 Å². The molecule has 0 aromatic heterocycles. The second-order valence-electron chi connectivity index (χ2n) is 5.00. The van der Waals surface area contributed by atoms with Crippen molar-refractivity contribution in [2.24, 2.45) is 5.41 Å². The first-order valence-corrected chi connectivity index (χ1v) is 6.73. The van der Waals surface area contributed by atoms with Gasteiger partial charge in [0.15, 0.2) is 0 Å². The zero-order valence-electron chi connectivity index (χ0n) is 10.8. The van der Waals surface area contributed by atoms with E-state index < -0.39 is 0 Å². The third-order valence-corrected chi connectivity index (χ3v) is 4.24. The Kier molecular flexibility index (Phi) is 4.05. The molecule has 0 heterocycles. The van der Waals surface area contributed by atoms with E-state index in [4.69, 9.17) is 9.47 Å². The average Bonchev–Trinajstić information content (AvgIpc) is 2.20. The SMILES string of the molecule is CCOC(=O)CNC1CC(OCC)C12CCC2. The van der Waals surface area contributed by atoms with Crippen LogP contribution in [0.25, 0.3) is 0 Å². The molecule has 1 spiro atoms. The Morgan fingerprint density at radius 3 is 2.65 bits per heavy atom. The van der Waals surface area contributed by atoms with Gasteiger partial charge in [-0.1, -0.05) is 6.42 Å². The molecule has 0 bridgehead atoms. The van der Waals surface area contributed by atoms with E-state index >= 15 is 0 Å². The van der Waals surface area contributed by atoms with E-state index in [1.807, 2.05) is 13.8 Å². The van der Waals surface area contributed by atoms with E-state index in [1.54, 1.807) is 0 Å². The van der Waals surface area contributed by atoms with Crippen molar-refractivity contribution in [2.75, 3.05) is 19.8 Å². The molecule has 0 radical (unpaired) electrons. The van der Waals surface area contributed by atoms with Crippen LogP contribution in [0.5, 0.6) is 0 Å². The van der Waals surface area contributed by atoms with Crippen LogP contribution in [0, 0.1) is 5.41 Å². The minimum Gasteiger partial charge on any atom is -0.465 e. The molecule has 0 amide bonds. The van der Waals surface area contributed by atoms with Gasteiger partial charge in [0.25, 0.3) is 0 Å². The van der Waals surface area contributed by atoms with Crippen LogP contribution in [0.1, 0.15) is 39.5 Å². The van der Waals surface area contributed by atoms with Gasteiger partial charge in [-0.3, -0.25) is 4.79 Å². The van der Waals surface area contributed by atoms with Crippen molar-refractivity contribution in [3.05, 3.63) is 0 Å². The summed E-state index contributed by atoms with van der Waals surface area (Å²) < 4.78 is 10.7. The van der Waals surface area contributed by atoms with Crippen molar-refractivity contribution in [1.29, 1.82) is 0 Å². The minimum absolute atomic E-state index is 0.151. The topological polar surface area (TPSA) is 47.6 Å². The summed E-state index contributed by atoms with van der Waals surface area (Å²) in [5.41, 5.74) is 0.322. The van der Waals surface area contributed by atoms with Crippen molar-refractivity contribution < 1.29 is 14.3 Å². The smallest absolute Gasteiger partial charge is 0.319 e. The van der Waals surface area contributed by atoms with Crippen LogP contribution in [-0.4, -0.2) is 37.9 Å². The van der Waals surface area contributed by atoms with Gasteiger partial charge in [0, 0.05) is 18.1 Å². The summed E-state index contributed by atoms with van der Waals surface area (Å²) >= 11 is 0. The van der Waals surface area contributed by atoms with Gasteiger partial charge >= 0.3 is 5.97 Å². The van der Waals surface area contributed by atoms with Crippen molar-refractivity contribution in [2.45, 2.75) is 51.7 Å². The standard InChI is InChI=1S/C13H23NO3/c1-3-16-11-8-10(13(11)6-5-7-13)14-9-12(15)17-4-2/h10-11,14H,3-9H2,1-2H3. The van der Waals surface area contributed by atoms with Crippen LogP contribution in [-0.2, 0) is 14.3 Å². The molecule has 0 aliphatic heterocycles. The third kappa shape index (κ3) is 2.33. The molecule has 4 nitrogen and oxygen atoms in total. The molecular weight excluding hydrogens is 218 g/mol. The summed E-state index contributed by atoms with van der Waals surface area (Å²) in [5, 5.41) is 3.33. The zero-order chi connectivity index (χ0) is 12.3. The highest BCUT2D eigenvalue weighted by molar-refractivity contribution is 5.71. The lowest BCUT2D eigenvalue weighted by Crippen LogP contribution is -2.67. The molecule has 0 aromatic carbocycles. The summed E-state index contributed by atoms with van der Waals surface area (Å²) in [5.74, 6) is -0.151.